The molecule has 27 heteroatoms. The van der Waals surface area contributed by atoms with E-state index in [4.69, 9.17) is 23.7 Å². The van der Waals surface area contributed by atoms with E-state index >= 15 is 0 Å². The van der Waals surface area contributed by atoms with Crippen LogP contribution in [0.2, 0.25) is 0 Å². The first-order valence-corrected chi connectivity index (χ1v) is 46.1. The Hall–Kier alpha value is -6.69. The molecule has 0 amide bonds. The van der Waals surface area contributed by atoms with E-state index in [0.717, 1.165) is 149 Å². The number of hydrogen-bond donors (Lipinski definition) is 1. The molecule has 0 spiro atoms. The summed E-state index contributed by atoms with van der Waals surface area (Å²) < 4.78 is 66.1. The molecule has 6 fully saturated rings. The number of aromatic nitrogens is 16. The molecule has 0 radical (unpaired) electrons. The molecule has 6 aliphatic rings. The largest absolute Gasteiger partial charge is 0.381 e. The van der Waals surface area contributed by atoms with Gasteiger partial charge in [-0.2, -0.15) is 40.8 Å². The van der Waals surface area contributed by atoms with Crippen molar-refractivity contribution in [1.82, 2.24) is 93.4 Å². The monoisotopic (exact) mass is 1690 g/mol. The molecule has 0 aliphatic carbocycles. The summed E-state index contributed by atoms with van der Waals surface area (Å²) in [5.74, 6) is 0.886. The van der Waals surface area contributed by atoms with Crippen molar-refractivity contribution in [2.45, 2.75) is 325 Å². The van der Waals surface area contributed by atoms with Gasteiger partial charge in [-0.1, -0.05) is 166 Å². The Morgan fingerprint density at radius 2 is 0.708 bits per heavy atom. The molecule has 6 saturated heterocycles. The SMILES string of the molecule is CC(C)(C)c1cnn(C2CCOCC2)c1.CC(C)(C)c1cnn(C2CNC2)c1.CC(C)(C)c1cnn(C2COC2)c1.CC(C)(C)c1cnn(CC2CCOCC2)c1.CC(C)(C)c1cnn(CCN2CCOCC2)c1.CC(C)OCCn1cc(C(C)(C)C)cn1.CC(C)S(=O)(=O)CCn1cc(C(C)(C)C)cn1.CN1CC(n2cc(C(C)(C)C)cn2)C1. The van der Waals surface area contributed by atoms with E-state index in [1.807, 2.05) is 79.0 Å². The zero-order valence-electron chi connectivity index (χ0n) is 79.8. The molecule has 0 saturated carbocycles. The normalized spacial score (nSPS) is 17.4. The Morgan fingerprint density at radius 3 is 1.04 bits per heavy atom. The first-order chi connectivity index (χ1) is 55.8. The van der Waals surface area contributed by atoms with E-state index < -0.39 is 9.84 Å². The molecule has 0 unspecified atom stereocenters. The quantitative estimate of drug-likeness (QED) is 0.0891. The minimum Gasteiger partial charge on any atom is -0.381 e. The van der Waals surface area contributed by atoms with Crippen LogP contribution in [0.5, 0.6) is 0 Å². The average molecular weight is 1690 g/mol. The molecule has 8 aromatic rings. The maximum Gasteiger partial charge on any atom is 0.154 e. The Morgan fingerprint density at radius 1 is 0.383 bits per heavy atom. The number of likely N-dealkylation sites (tertiary alicyclic amines) is 1. The molecule has 26 nitrogen and oxygen atoms in total. The van der Waals surface area contributed by atoms with Gasteiger partial charge in [-0.05, 0) is 154 Å². The van der Waals surface area contributed by atoms with E-state index in [-0.39, 0.29) is 54.3 Å². The second kappa shape index (κ2) is 44.3. The van der Waals surface area contributed by atoms with Gasteiger partial charge in [0.05, 0.1) is 144 Å². The van der Waals surface area contributed by atoms with Crippen molar-refractivity contribution in [3.63, 3.8) is 0 Å². The van der Waals surface area contributed by atoms with Gasteiger partial charge in [-0.3, -0.25) is 42.4 Å². The lowest BCUT2D eigenvalue weighted by Gasteiger charge is -2.36. The van der Waals surface area contributed by atoms with Crippen molar-refractivity contribution in [3.8, 4) is 0 Å². The van der Waals surface area contributed by atoms with Crippen LogP contribution in [0.25, 0.3) is 0 Å². The van der Waals surface area contributed by atoms with Crippen LogP contribution in [-0.2, 0) is 103 Å². The molecular weight excluding hydrogens is 1530 g/mol. The van der Waals surface area contributed by atoms with Crippen LogP contribution in [0.4, 0.5) is 0 Å². The Kier molecular flexibility index (Phi) is 37.0. The first-order valence-electron chi connectivity index (χ1n) is 44.4. The number of ether oxygens (including phenoxy) is 5. The van der Waals surface area contributed by atoms with E-state index in [1.165, 1.54) is 51.8 Å². The number of nitrogens with zero attached hydrogens (tertiary/aromatic N) is 18. The van der Waals surface area contributed by atoms with Gasteiger partial charge in [-0.15, -0.1) is 0 Å². The fourth-order valence-electron chi connectivity index (χ4n) is 12.9. The molecule has 0 aromatic carbocycles. The van der Waals surface area contributed by atoms with Crippen molar-refractivity contribution >= 4 is 9.84 Å². The number of nitrogens with one attached hydrogen (secondary N) is 1. The summed E-state index contributed by atoms with van der Waals surface area (Å²) in [5.41, 5.74) is 11.7. The predicted octanol–water partition coefficient (Wildman–Crippen LogP) is 16.0. The summed E-state index contributed by atoms with van der Waals surface area (Å²) in [6.07, 6.45) is 37.6. The van der Waals surface area contributed by atoms with Gasteiger partial charge in [0, 0.05) is 128 Å². The van der Waals surface area contributed by atoms with Gasteiger partial charge in [0.2, 0.25) is 0 Å². The van der Waals surface area contributed by atoms with Gasteiger partial charge in [0.1, 0.15) is 0 Å². The summed E-state index contributed by atoms with van der Waals surface area (Å²) in [5, 5.41) is 37.9. The highest BCUT2D eigenvalue weighted by Crippen LogP contribution is 2.31. The minimum atomic E-state index is -2.98. The Labute approximate surface area is 723 Å². The third-order valence-corrected chi connectivity index (χ3v) is 24.8. The van der Waals surface area contributed by atoms with E-state index in [0.29, 0.717) is 36.8 Å². The van der Waals surface area contributed by atoms with E-state index in [1.54, 1.807) is 18.5 Å². The highest BCUT2D eigenvalue weighted by Gasteiger charge is 2.30. The van der Waals surface area contributed by atoms with Crippen LogP contribution in [0.15, 0.2) is 99.1 Å². The topological polar surface area (TPSA) is 241 Å². The van der Waals surface area contributed by atoms with Crippen molar-refractivity contribution < 1.29 is 32.1 Å². The molecule has 0 bridgehead atoms. The minimum absolute atomic E-state index is 0.0508. The lowest BCUT2D eigenvalue weighted by Crippen LogP contribution is -2.45. The highest BCUT2D eigenvalue weighted by atomic mass is 32.2. The van der Waals surface area contributed by atoms with E-state index in [9.17, 15) is 8.42 Å². The number of morpholine rings is 1. The summed E-state index contributed by atoms with van der Waals surface area (Å²) >= 11 is 0. The molecule has 8 aromatic heterocycles. The Balaban J connectivity index is 0.000000189. The zero-order chi connectivity index (χ0) is 88.8. The fraction of sp³-hybridized carbons (Fsp3) is 0.742. The molecule has 6 aliphatic heterocycles. The lowest BCUT2D eigenvalue weighted by molar-refractivity contribution is -0.0287. The van der Waals surface area contributed by atoms with Crippen molar-refractivity contribution in [2.24, 2.45) is 5.92 Å². The highest BCUT2D eigenvalue weighted by molar-refractivity contribution is 7.91. The zero-order valence-corrected chi connectivity index (χ0v) is 80.6. The molecule has 14 heterocycles. The maximum absolute atomic E-state index is 11.7. The number of hydrogen-bond acceptors (Lipinski definition) is 18. The van der Waals surface area contributed by atoms with Crippen LogP contribution < -0.4 is 5.32 Å². The Bertz CT molecular complexity index is 4250. The lowest BCUT2D eigenvalue weighted by atomic mass is 9.90. The van der Waals surface area contributed by atoms with E-state index in [2.05, 4.69) is 296 Å². The number of rotatable bonds is 17. The first kappa shape index (κ1) is 100. The fourth-order valence-corrected chi connectivity index (χ4v) is 13.8. The average Bonchev–Trinajstić information content (AvgIpc) is 1.11. The second-order valence-corrected chi connectivity index (χ2v) is 45.0. The summed E-state index contributed by atoms with van der Waals surface area (Å²) in [7, 11) is -0.840. The van der Waals surface area contributed by atoms with Crippen LogP contribution >= 0.6 is 0 Å². The van der Waals surface area contributed by atoms with Crippen LogP contribution in [0, 0.1) is 5.92 Å². The maximum atomic E-state index is 11.7. The molecule has 0 atom stereocenters. The summed E-state index contributed by atoms with van der Waals surface area (Å²) in [6.45, 7) is 78.8. The van der Waals surface area contributed by atoms with Crippen molar-refractivity contribution in [1.29, 1.82) is 0 Å². The summed E-state index contributed by atoms with van der Waals surface area (Å²) in [4.78, 5) is 4.74. The number of aryl methyl sites for hydroxylation is 1. The van der Waals surface area contributed by atoms with Gasteiger partial charge >= 0.3 is 0 Å². The molecule has 676 valence electrons. The van der Waals surface area contributed by atoms with Gasteiger partial charge in [0.15, 0.2) is 9.84 Å². The van der Waals surface area contributed by atoms with Crippen LogP contribution in [0.1, 0.15) is 288 Å². The standard InChI is InChI=1S/C13H23N3O.C13H22N2O.C12H22N2O2S.C12H20N2O.C12H22N2O.C11H19N3.C10H17N3.C10H16N2O/c1-13(2,3)12-10-14-16(11-12)5-4-15-6-8-17-9-7-15;1-13(2,3)12-8-14-15(10-12)9-11-4-6-16-7-5-11;1-10(2)17(15,16)7-6-14-9-11(8-13-14)12(3,4)5;1-12(2,3)10-8-13-14(9-10)11-4-6-15-7-5-11;1-10(2)15-7-6-14-9-11(8-13-14)12(3,4)5;1-11(2,3)9-5-12-14(6-9)10-7-13(4)8-10;1-10(2,3)8-4-12-13(7-8)9-5-11-6-9;1-10(2,3)8-4-11-12(5-8)9-6-13-7-9/h10-11H,4-9H2,1-3H3;8,10-11H,4-7,9H2,1-3H3;8-10H,6-7H2,1-5H3;8-9,11H,4-7H2,1-3H3;8-10H,6-7H2,1-5H3;5-6,10H,7-8H2,1-4H3;4,7,9,11H,5-6H2,1-3H3;4-5,9H,6-7H2,1-3H3. The predicted molar refractivity (Wildman–Crippen MR) is 486 cm³/mol. The number of likely N-dealkylation sites (N-methyl/N-ethyl adjacent to an activating group) is 1. The molecule has 120 heavy (non-hydrogen) atoms. The van der Waals surface area contributed by atoms with Crippen LogP contribution in [-0.4, -0.2) is 226 Å². The molecule has 14 rings (SSSR count). The smallest absolute Gasteiger partial charge is 0.154 e. The van der Waals surface area contributed by atoms with Crippen molar-refractivity contribution in [2.75, 3.05) is 118 Å². The van der Waals surface area contributed by atoms with Crippen molar-refractivity contribution in [3.05, 3.63) is 144 Å². The van der Waals surface area contributed by atoms with Crippen LogP contribution in [0.3, 0.4) is 0 Å². The third-order valence-electron chi connectivity index (χ3n) is 22.6. The third kappa shape index (κ3) is 33.8. The molecule has 1 N–H and O–H groups in total. The number of sulfone groups is 1. The van der Waals surface area contributed by atoms with Gasteiger partial charge in [-0.25, -0.2) is 8.42 Å². The summed E-state index contributed by atoms with van der Waals surface area (Å²) in [6, 6.07) is 2.18. The second-order valence-electron chi connectivity index (χ2n) is 42.3. The molecular formula is C93H161N19O7S. The van der Waals surface area contributed by atoms with Gasteiger partial charge < -0.3 is 33.9 Å². The van der Waals surface area contributed by atoms with Gasteiger partial charge in [0.25, 0.3) is 0 Å².